The Morgan fingerprint density at radius 3 is 2.50 bits per heavy atom. The smallest absolute Gasteiger partial charge is 0.357 e. The number of rotatable bonds is 2. The van der Waals surface area contributed by atoms with E-state index in [-0.39, 0.29) is 0 Å². The standard InChI is InChI=1S/C8H7ClO3/c9-12-8(11)7(10)6-4-2-1-3-5-6/h1-5,7,10H/t7-/m0/s1. The molecule has 0 spiro atoms. The number of hydrogen-bond acceptors (Lipinski definition) is 3. The Balaban J connectivity index is 2.78. The lowest BCUT2D eigenvalue weighted by Crippen LogP contribution is -2.11. The van der Waals surface area contributed by atoms with Gasteiger partial charge in [0.25, 0.3) is 0 Å². The highest BCUT2D eigenvalue weighted by molar-refractivity contribution is 6.13. The molecule has 4 heteroatoms. The molecule has 0 saturated carbocycles. The normalized spacial score (nSPS) is 12.2. The van der Waals surface area contributed by atoms with Gasteiger partial charge in [0.1, 0.15) is 11.9 Å². The van der Waals surface area contributed by atoms with E-state index in [4.69, 9.17) is 11.9 Å². The van der Waals surface area contributed by atoms with Crippen LogP contribution in [0.3, 0.4) is 0 Å². The molecule has 1 N–H and O–H groups in total. The Morgan fingerprint density at radius 2 is 2.00 bits per heavy atom. The van der Waals surface area contributed by atoms with Gasteiger partial charge in [0.15, 0.2) is 6.10 Å². The molecular weight excluding hydrogens is 180 g/mol. The summed E-state index contributed by atoms with van der Waals surface area (Å²) in [6, 6.07) is 8.42. The lowest BCUT2D eigenvalue weighted by Gasteiger charge is -2.05. The monoisotopic (exact) mass is 186 g/mol. The number of carbonyl (C=O) groups excluding carboxylic acids is 1. The molecular formula is C8H7ClO3. The number of benzene rings is 1. The van der Waals surface area contributed by atoms with E-state index in [9.17, 15) is 9.90 Å². The van der Waals surface area contributed by atoms with Crippen molar-refractivity contribution in [1.29, 1.82) is 0 Å². The molecule has 0 aliphatic rings. The van der Waals surface area contributed by atoms with E-state index in [0.29, 0.717) is 5.56 Å². The van der Waals surface area contributed by atoms with Gasteiger partial charge in [-0.05, 0) is 5.56 Å². The topological polar surface area (TPSA) is 46.5 Å². The van der Waals surface area contributed by atoms with Crippen molar-refractivity contribution in [3.8, 4) is 0 Å². The van der Waals surface area contributed by atoms with Crippen molar-refractivity contribution in [3.63, 3.8) is 0 Å². The number of halogens is 1. The molecule has 0 heterocycles. The zero-order valence-corrected chi connectivity index (χ0v) is 6.86. The molecule has 0 aliphatic carbocycles. The van der Waals surface area contributed by atoms with Crippen LogP contribution in [0.25, 0.3) is 0 Å². The molecule has 0 unspecified atom stereocenters. The van der Waals surface area contributed by atoms with E-state index < -0.39 is 12.1 Å². The second kappa shape index (κ2) is 4.09. The Hall–Kier alpha value is -1.06. The second-order valence-electron chi connectivity index (χ2n) is 2.21. The van der Waals surface area contributed by atoms with E-state index in [2.05, 4.69) is 4.29 Å². The van der Waals surface area contributed by atoms with Crippen LogP contribution in [-0.4, -0.2) is 11.1 Å². The number of hydrogen-bond donors (Lipinski definition) is 1. The van der Waals surface area contributed by atoms with Crippen molar-refractivity contribution in [2.45, 2.75) is 6.10 Å². The second-order valence-corrected chi connectivity index (χ2v) is 2.36. The minimum absolute atomic E-state index is 0.461. The van der Waals surface area contributed by atoms with Gasteiger partial charge in [0.2, 0.25) is 0 Å². The van der Waals surface area contributed by atoms with Crippen LogP contribution in [0, 0.1) is 0 Å². The van der Waals surface area contributed by atoms with Gasteiger partial charge in [-0.25, -0.2) is 4.79 Å². The van der Waals surface area contributed by atoms with E-state index in [1.165, 1.54) is 0 Å². The van der Waals surface area contributed by atoms with Crippen molar-refractivity contribution in [2.75, 3.05) is 0 Å². The summed E-state index contributed by atoms with van der Waals surface area (Å²) in [6.07, 6.45) is -1.30. The summed E-state index contributed by atoms with van der Waals surface area (Å²) < 4.78 is 3.85. The summed E-state index contributed by atoms with van der Waals surface area (Å²) in [4.78, 5) is 10.7. The van der Waals surface area contributed by atoms with Gasteiger partial charge in [-0.3, -0.25) is 0 Å². The predicted molar refractivity (Wildman–Crippen MR) is 43.3 cm³/mol. The minimum atomic E-state index is -1.30. The van der Waals surface area contributed by atoms with Gasteiger partial charge >= 0.3 is 5.97 Å². The zero-order valence-electron chi connectivity index (χ0n) is 6.11. The van der Waals surface area contributed by atoms with Crippen LogP contribution in [0.2, 0.25) is 0 Å². The average Bonchev–Trinajstić information content (AvgIpc) is 2.17. The summed E-state index contributed by atoms with van der Waals surface area (Å²) in [5, 5.41) is 9.23. The molecule has 0 amide bonds. The van der Waals surface area contributed by atoms with Crippen LogP contribution >= 0.6 is 11.9 Å². The zero-order chi connectivity index (χ0) is 8.97. The van der Waals surface area contributed by atoms with Crippen molar-refractivity contribution in [3.05, 3.63) is 35.9 Å². The third kappa shape index (κ3) is 1.96. The summed E-state index contributed by atoms with van der Waals surface area (Å²) in [7, 11) is 0. The summed E-state index contributed by atoms with van der Waals surface area (Å²) in [5.74, 6) is -0.872. The first-order valence-corrected chi connectivity index (χ1v) is 3.62. The molecule has 0 saturated heterocycles. The van der Waals surface area contributed by atoms with E-state index >= 15 is 0 Å². The van der Waals surface area contributed by atoms with Gasteiger partial charge in [-0.1, -0.05) is 30.3 Å². The molecule has 0 radical (unpaired) electrons. The van der Waals surface area contributed by atoms with Gasteiger partial charge in [-0.2, -0.15) is 0 Å². The molecule has 1 rings (SSSR count). The van der Waals surface area contributed by atoms with Crippen LogP contribution in [0.4, 0.5) is 0 Å². The maximum atomic E-state index is 10.7. The predicted octanol–water partition coefficient (Wildman–Crippen LogP) is 1.42. The highest BCUT2D eigenvalue weighted by Crippen LogP contribution is 2.13. The van der Waals surface area contributed by atoms with Crippen molar-refractivity contribution < 1.29 is 14.2 Å². The maximum absolute atomic E-state index is 10.7. The Labute approximate surface area is 74.7 Å². The van der Waals surface area contributed by atoms with Gasteiger partial charge in [0.05, 0.1) is 0 Å². The molecule has 0 aliphatic heterocycles. The molecule has 3 nitrogen and oxygen atoms in total. The Bertz CT molecular complexity index is 260. The van der Waals surface area contributed by atoms with Crippen LogP contribution in [0.15, 0.2) is 30.3 Å². The maximum Gasteiger partial charge on any atom is 0.357 e. The lowest BCUT2D eigenvalue weighted by molar-refractivity contribution is -0.143. The Kier molecular flexibility index (Phi) is 3.08. The van der Waals surface area contributed by atoms with Gasteiger partial charge < -0.3 is 9.40 Å². The molecule has 0 bridgehead atoms. The molecule has 1 atom stereocenters. The van der Waals surface area contributed by atoms with Crippen LogP contribution in [-0.2, 0) is 9.08 Å². The minimum Gasteiger partial charge on any atom is -0.377 e. The summed E-state index contributed by atoms with van der Waals surface area (Å²) in [6.45, 7) is 0. The first kappa shape index (κ1) is 9.03. The average molecular weight is 187 g/mol. The third-order valence-electron chi connectivity index (χ3n) is 1.41. The van der Waals surface area contributed by atoms with E-state index in [1.807, 2.05) is 0 Å². The number of aliphatic hydroxyl groups excluding tert-OH is 1. The molecule has 12 heavy (non-hydrogen) atoms. The SMILES string of the molecule is O=C(OCl)[C@@H](O)c1ccccc1. The summed E-state index contributed by atoms with van der Waals surface area (Å²) >= 11 is 4.79. The number of carbonyl (C=O) groups is 1. The fourth-order valence-corrected chi connectivity index (χ4v) is 0.898. The molecule has 0 fully saturated rings. The largest absolute Gasteiger partial charge is 0.377 e. The van der Waals surface area contributed by atoms with E-state index in [0.717, 1.165) is 0 Å². The van der Waals surface area contributed by atoms with Crippen molar-refractivity contribution >= 4 is 17.8 Å². The van der Waals surface area contributed by atoms with Gasteiger partial charge in [0, 0.05) is 0 Å². The third-order valence-corrected chi connectivity index (χ3v) is 1.57. The number of aliphatic hydroxyl groups is 1. The van der Waals surface area contributed by atoms with Crippen molar-refractivity contribution in [1.82, 2.24) is 0 Å². The fourth-order valence-electron chi connectivity index (χ4n) is 0.814. The summed E-state index contributed by atoms with van der Waals surface area (Å²) in [5.41, 5.74) is 0.461. The molecule has 1 aromatic carbocycles. The lowest BCUT2D eigenvalue weighted by atomic mass is 10.1. The van der Waals surface area contributed by atoms with Crippen LogP contribution in [0.5, 0.6) is 0 Å². The van der Waals surface area contributed by atoms with Crippen LogP contribution < -0.4 is 0 Å². The van der Waals surface area contributed by atoms with Crippen LogP contribution in [0.1, 0.15) is 11.7 Å². The quantitative estimate of drug-likeness (QED) is 0.760. The van der Waals surface area contributed by atoms with Gasteiger partial charge in [-0.15, -0.1) is 0 Å². The van der Waals surface area contributed by atoms with Crippen molar-refractivity contribution in [2.24, 2.45) is 0 Å². The fraction of sp³-hybridized carbons (Fsp3) is 0.125. The molecule has 0 aromatic heterocycles. The highest BCUT2D eigenvalue weighted by Gasteiger charge is 2.17. The molecule has 1 aromatic rings. The first-order chi connectivity index (χ1) is 5.75. The Morgan fingerprint density at radius 1 is 1.42 bits per heavy atom. The van der Waals surface area contributed by atoms with E-state index in [1.54, 1.807) is 30.3 Å². The highest BCUT2D eigenvalue weighted by atomic mass is 35.5. The first-order valence-electron chi connectivity index (χ1n) is 3.31. The molecule has 64 valence electrons.